The largest absolute Gasteiger partial charge is 0.294 e. The summed E-state index contributed by atoms with van der Waals surface area (Å²) in [6, 6.07) is 0. The zero-order valence-corrected chi connectivity index (χ0v) is 8.76. The summed E-state index contributed by atoms with van der Waals surface area (Å²) < 4.78 is 0. The number of Topliss-reactive ketones (excluding diaryl/α,β-unsaturated/α-hetero) is 1. The molecule has 0 aromatic rings. The number of rotatable bonds is 1. The van der Waals surface area contributed by atoms with Crippen molar-refractivity contribution in [1.29, 1.82) is 0 Å². The van der Waals surface area contributed by atoms with Crippen LogP contribution in [0.5, 0.6) is 0 Å². The fraction of sp³-hybridized carbons (Fsp3) is 0.750. The van der Waals surface area contributed by atoms with Crippen LogP contribution in [-0.4, -0.2) is 5.78 Å². The van der Waals surface area contributed by atoms with Crippen LogP contribution >= 0.6 is 0 Å². The lowest BCUT2D eigenvalue weighted by Gasteiger charge is -2.33. The van der Waals surface area contributed by atoms with E-state index in [0.717, 1.165) is 18.4 Å². The van der Waals surface area contributed by atoms with E-state index < -0.39 is 0 Å². The van der Waals surface area contributed by atoms with Crippen molar-refractivity contribution in [2.45, 2.75) is 40.0 Å². The molecule has 2 aliphatic carbocycles. The summed E-state index contributed by atoms with van der Waals surface area (Å²) in [5.74, 6) is 1.45. The van der Waals surface area contributed by atoms with E-state index in [1.54, 1.807) is 0 Å². The van der Waals surface area contributed by atoms with Gasteiger partial charge in [-0.3, -0.25) is 4.79 Å². The molecule has 1 fully saturated rings. The Morgan fingerprint density at radius 2 is 2.23 bits per heavy atom. The normalized spacial score (nSPS) is 38.3. The highest BCUT2D eigenvalue weighted by Crippen LogP contribution is 2.52. The Kier molecular flexibility index (Phi) is 1.86. The molecule has 2 unspecified atom stereocenters. The lowest BCUT2D eigenvalue weighted by molar-refractivity contribution is -0.119. The highest BCUT2D eigenvalue weighted by molar-refractivity contribution is 5.98. The summed E-state index contributed by atoms with van der Waals surface area (Å²) in [6.07, 6.45) is 5.70. The minimum atomic E-state index is 0.354. The first-order chi connectivity index (χ1) is 6.05. The van der Waals surface area contributed by atoms with E-state index in [0.29, 0.717) is 23.0 Å². The first kappa shape index (κ1) is 8.98. The molecule has 2 rings (SSSR count). The van der Waals surface area contributed by atoms with Crippen LogP contribution in [0.25, 0.3) is 0 Å². The summed E-state index contributed by atoms with van der Waals surface area (Å²) in [6.45, 7) is 6.54. The molecule has 72 valence electrons. The van der Waals surface area contributed by atoms with E-state index in [4.69, 9.17) is 0 Å². The van der Waals surface area contributed by atoms with Gasteiger partial charge in [-0.05, 0) is 43.1 Å². The Balaban J connectivity index is 2.39. The van der Waals surface area contributed by atoms with Gasteiger partial charge in [-0.2, -0.15) is 0 Å². The third kappa shape index (κ3) is 1.17. The van der Waals surface area contributed by atoms with Crippen LogP contribution in [0.4, 0.5) is 0 Å². The van der Waals surface area contributed by atoms with E-state index in [1.807, 2.05) is 6.92 Å². The SMILES string of the molecule is CC1=CC2(C(C)C)CCC(C2)C1=O. The Morgan fingerprint density at radius 1 is 1.54 bits per heavy atom. The molecular formula is C12H18O. The van der Waals surface area contributed by atoms with Crippen molar-refractivity contribution in [2.75, 3.05) is 0 Å². The molecule has 2 aliphatic rings. The molecule has 0 heterocycles. The molecule has 2 atom stereocenters. The van der Waals surface area contributed by atoms with Crippen molar-refractivity contribution in [3.63, 3.8) is 0 Å². The molecule has 1 nitrogen and oxygen atoms in total. The smallest absolute Gasteiger partial charge is 0.161 e. The number of carbonyl (C=O) groups excluding carboxylic acids is 1. The molecular weight excluding hydrogens is 160 g/mol. The molecule has 0 aromatic carbocycles. The minimum Gasteiger partial charge on any atom is -0.294 e. The van der Waals surface area contributed by atoms with Crippen LogP contribution in [0.3, 0.4) is 0 Å². The predicted molar refractivity (Wildman–Crippen MR) is 53.4 cm³/mol. The van der Waals surface area contributed by atoms with Gasteiger partial charge < -0.3 is 0 Å². The molecule has 0 radical (unpaired) electrons. The van der Waals surface area contributed by atoms with Gasteiger partial charge in [0.1, 0.15) is 0 Å². The summed E-state index contributed by atoms with van der Waals surface area (Å²) in [5, 5.41) is 0. The maximum absolute atomic E-state index is 11.7. The topological polar surface area (TPSA) is 17.1 Å². The molecule has 0 aromatic heterocycles. The minimum absolute atomic E-state index is 0.354. The van der Waals surface area contributed by atoms with E-state index >= 15 is 0 Å². The second kappa shape index (κ2) is 2.70. The Morgan fingerprint density at radius 3 is 2.85 bits per heavy atom. The van der Waals surface area contributed by atoms with Gasteiger partial charge in [0.05, 0.1) is 0 Å². The van der Waals surface area contributed by atoms with Crippen LogP contribution < -0.4 is 0 Å². The fourth-order valence-corrected chi connectivity index (χ4v) is 2.98. The summed E-state index contributed by atoms with van der Waals surface area (Å²) >= 11 is 0. The van der Waals surface area contributed by atoms with Crippen molar-refractivity contribution in [3.8, 4) is 0 Å². The number of hydrogen-bond donors (Lipinski definition) is 0. The van der Waals surface area contributed by atoms with Gasteiger partial charge >= 0.3 is 0 Å². The summed E-state index contributed by atoms with van der Waals surface area (Å²) in [5.41, 5.74) is 1.38. The van der Waals surface area contributed by atoms with Gasteiger partial charge in [-0.1, -0.05) is 19.9 Å². The third-order valence-corrected chi connectivity index (χ3v) is 4.00. The van der Waals surface area contributed by atoms with E-state index in [-0.39, 0.29) is 0 Å². The zero-order chi connectivity index (χ0) is 9.64. The summed E-state index contributed by atoms with van der Waals surface area (Å²) in [7, 11) is 0. The average Bonchev–Trinajstić information content (AvgIpc) is 2.43. The lowest BCUT2D eigenvalue weighted by Crippen LogP contribution is -2.28. The molecule has 0 spiro atoms. The van der Waals surface area contributed by atoms with Crippen LogP contribution in [0.1, 0.15) is 40.0 Å². The molecule has 2 bridgehead atoms. The Bertz CT molecular complexity index is 275. The second-order valence-electron chi connectivity index (χ2n) is 5.02. The summed E-state index contributed by atoms with van der Waals surface area (Å²) in [4.78, 5) is 11.7. The van der Waals surface area contributed by atoms with Crippen LogP contribution in [-0.2, 0) is 4.79 Å². The molecule has 1 saturated carbocycles. The second-order valence-corrected chi connectivity index (χ2v) is 5.02. The maximum atomic E-state index is 11.7. The van der Waals surface area contributed by atoms with Crippen LogP contribution in [0, 0.1) is 17.3 Å². The zero-order valence-electron chi connectivity index (χ0n) is 8.76. The van der Waals surface area contributed by atoms with Crippen molar-refractivity contribution < 1.29 is 4.79 Å². The highest BCUT2D eigenvalue weighted by Gasteiger charge is 2.46. The van der Waals surface area contributed by atoms with E-state index in [9.17, 15) is 4.79 Å². The van der Waals surface area contributed by atoms with Gasteiger partial charge in [0.15, 0.2) is 5.78 Å². The van der Waals surface area contributed by atoms with Gasteiger partial charge in [-0.15, -0.1) is 0 Å². The van der Waals surface area contributed by atoms with E-state index in [2.05, 4.69) is 19.9 Å². The molecule has 0 saturated heterocycles. The highest BCUT2D eigenvalue weighted by atomic mass is 16.1. The maximum Gasteiger partial charge on any atom is 0.161 e. The van der Waals surface area contributed by atoms with Gasteiger partial charge in [0.25, 0.3) is 0 Å². The van der Waals surface area contributed by atoms with Crippen molar-refractivity contribution >= 4 is 5.78 Å². The van der Waals surface area contributed by atoms with Crippen LogP contribution in [0.15, 0.2) is 11.6 Å². The van der Waals surface area contributed by atoms with Crippen molar-refractivity contribution in [1.82, 2.24) is 0 Å². The monoisotopic (exact) mass is 178 g/mol. The third-order valence-electron chi connectivity index (χ3n) is 4.00. The number of allylic oxidation sites excluding steroid dienone is 2. The van der Waals surface area contributed by atoms with Crippen molar-refractivity contribution in [2.24, 2.45) is 17.3 Å². The fourth-order valence-electron chi connectivity index (χ4n) is 2.98. The lowest BCUT2D eigenvalue weighted by atomic mass is 9.70. The Hall–Kier alpha value is -0.590. The number of ketones is 1. The molecule has 0 amide bonds. The first-order valence-corrected chi connectivity index (χ1v) is 5.29. The number of fused-ring (bicyclic) bond motifs is 2. The van der Waals surface area contributed by atoms with Crippen molar-refractivity contribution in [3.05, 3.63) is 11.6 Å². The quantitative estimate of drug-likeness (QED) is 0.603. The molecule has 13 heavy (non-hydrogen) atoms. The predicted octanol–water partition coefficient (Wildman–Crippen LogP) is 2.96. The number of carbonyl (C=O) groups is 1. The number of hydrogen-bond acceptors (Lipinski definition) is 1. The average molecular weight is 178 g/mol. The standard InChI is InChI=1S/C12H18O/c1-8(2)12-5-4-10(7-12)11(13)9(3)6-12/h6,8,10H,4-5,7H2,1-3H3. The molecule has 0 N–H and O–H groups in total. The molecule has 0 aliphatic heterocycles. The van der Waals surface area contributed by atoms with Crippen LogP contribution in [0.2, 0.25) is 0 Å². The van der Waals surface area contributed by atoms with Gasteiger partial charge in [0, 0.05) is 5.92 Å². The van der Waals surface area contributed by atoms with E-state index in [1.165, 1.54) is 6.42 Å². The van der Waals surface area contributed by atoms with Gasteiger partial charge in [-0.25, -0.2) is 0 Å². The first-order valence-electron chi connectivity index (χ1n) is 5.29. The molecule has 1 heteroatoms. The van der Waals surface area contributed by atoms with Gasteiger partial charge in [0.2, 0.25) is 0 Å². The Labute approximate surface area is 80.2 Å².